The fourth-order valence-electron chi connectivity index (χ4n) is 11.4. The molecule has 2 saturated heterocycles. The fraction of sp³-hybridized carbons (Fsp3) is 0.565. The maximum Gasteiger partial charge on any atom is 0.251 e. The summed E-state index contributed by atoms with van der Waals surface area (Å²) in [6, 6.07) is 29.3. The summed E-state index contributed by atoms with van der Waals surface area (Å²) < 4.78 is 0. The van der Waals surface area contributed by atoms with E-state index in [1.807, 2.05) is 24.3 Å². The Hall–Kier alpha value is -3.48. The summed E-state index contributed by atoms with van der Waals surface area (Å²) in [5.41, 5.74) is 8.15. The molecule has 9 rings (SSSR count). The molecule has 4 atom stereocenters. The summed E-state index contributed by atoms with van der Waals surface area (Å²) in [6.45, 7) is 2.42. The second-order valence-corrected chi connectivity index (χ2v) is 17.2. The van der Waals surface area contributed by atoms with Crippen molar-refractivity contribution in [2.75, 3.05) is 13.1 Å². The Morgan fingerprint density at radius 1 is 0.519 bits per heavy atom. The van der Waals surface area contributed by atoms with E-state index in [1.165, 1.54) is 77.3 Å². The summed E-state index contributed by atoms with van der Waals surface area (Å²) in [7, 11) is 0. The number of hydrogen-bond acceptors (Lipinski definition) is 4. The average Bonchev–Trinajstić information content (AvgIpc) is 3.95. The number of nitrogens with zero attached hydrogens (tertiary/aromatic N) is 2. The van der Waals surface area contributed by atoms with E-state index < -0.39 is 0 Å². The molecule has 4 heterocycles. The molecule has 4 fully saturated rings. The number of benzene rings is 3. The van der Waals surface area contributed by atoms with E-state index >= 15 is 0 Å². The molecule has 2 saturated carbocycles. The highest BCUT2D eigenvalue weighted by molar-refractivity contribution is 5.94. The molecular formula is C46H58N4O2. The van der Waals surface area contributed by atoms with Gasteiger partial charge >= 0.3 is 0 Å². The summed E-state index contributed by atoms with van der Waals surface area (Å²) in [5, 5.41) is 6.66. The molecule has 0 radical (unpaired) electrons. The van der Waals surface area contributed by atoms with Crippen molar-refractivity contribution in [2.45, 2.75) is 139 Å². The summed E-state index contributed by atoms with van der Waals surface area (Å²) in [4.78, 5) is 31.5. The van der Waals surface area contributed by atoms with Crippen LogP contribution in [0.25, 0.3) is 0 Å². The van der Waals surface area contributed by atoms with Crippen LogP contribution in [0.3, 0.4) is 0 Å². The molecule has 0 spiro atoms. The van der Waals surface area contributed by atoms with Crippen molar-refractivity contribution in [3.63, 3.8) is 0 Å². The number of aryl methyl sites for hydroxylation is 1. The average molecular weight is 699 g/mol. The fourth-order valence-corrected chi connectivity index (χ4v) is 11.4. The van der Waals surface area contributed by atoms with Gasteiger partial charge in [-0.05, 0) is 161 Å². The minimum absolute atomic E-state index is 0.0348. The predicted octanol–water partition coefficient (Wildman–Crippen LogP) is 9.15. The molecule has 3 aromatic rings. The molecule has 6 aliphatic rings. The van der Waals surface area contributed by atoms with Gasteiger partial charge in [0, 0.05) is 48.2 Å². The van der Waals surface area contributed by atoms with Crippen LogP contribution in [0.5, 0.6) is 0 Å². The smallest absolute Gasteiger partial charge is 0.251 e. The van der Waals surface area contributed by atoms with Crippen molar-refractivity contribution >= 4 is 11.8 Å². The molecule has 6 heteroatoms. The van der Waals surface area contributed by atoms with Gasteiger partial charge in [0.15, 0.2) is 0 Å². The van der Waals surface area contributed by atoms with Crippen molar-refractivity contribution < 1.29 is 9.59 Å². The Labute approximate surface area is 311 Å². The van der Waals surface area contributed by atoms with Crippen molar-refractivity contribution in [3.8, 4) is 0 Å². The normalized spacial score (nSPS) is 30.6. The van der Waals surface area contributed by atoms with Gasteiger partial charge in [0.05, 0.1) is 0 Å². The zero-order valence-corrected chi connectivity index (χ0v) is 31.0. The maximum absolute atomic E-state index is 13.1. The third-order valence-corrected chi connectivity index (χ3v) is 14.3. The van der Waals surface area contributed by atoms with E-state index in [0.29, 0.717) is 43.1 Å². The van der Waals surface area contributed by atoms with E-state index in [2.05, 4.69) is 69.0 Å². The molecule has 3 aromatic carbocycles. The first-order chi connectivity index (χ1) is 25.6. The molecule has 0 aromatic heterocycles. The third kappa shape index (κ3) is 6.98. The van der Waals surface area contributed by atoms with Gasteiger partial charge in [0.25, 0.3) is 5.91 Å². The number of nitrogens with one attached hydrogen (secondary N) is 2. The van der Waals surface area contributed by atoms with Crippen LogP contribution in [-0.2, 0) is 11.2 Å². The second-order valence-electron chi connectivity index (χ2n) is 17.2. The van der Waals surface area contributed by atoms with E-state index in [9.17, 15) is 9.59 Å². The van der Waals surface area contributed by atoms with Gasteiger partial charge in [0.2, 0.25) is 5.91 Å². The number of fused-ring (bicyclic) bond motifs is 10. The minimum Gasteiger partial charge on any atom is -0.353 e. The van der Waals surface area contributed by atoms with Crippen LogP contribution in [0.2, 0.25) is 0 Å². The van der Waals surface area contributed by atoms with Gasteiger partial charge in [-0.1, -0.05) is 60.7 Å². The van der Waals surface area contributed by atoms with Gasteiger partial charge in [-0.15, -0.1) is 0 Å². The lowest BCUT2D eigenvalue weighted by molar-refractivity contribution is -0.122. The van der Waals surface area contributed by atoms with Crippen LogP contribution < -0.4 is 10.6 Å². The largest absolute Gasteiger partial charge is 0.353 e. The Morgan fingerprint density at radius 2 is 0.942 bits per heavy atom. The highest BCUT2D eigenvalue weighted by Gasteiger charge is 2.44. The minimum atomic E-state index is 0.0348. The number of rotatable bonds is 12. The Balaban J connectivity index is 0.648. The first kappa shape index (κ1) is 34.3. The molecule has 2 amide bonds. The second kappa shape index (κ2) is 15.1. The van der Waals surface area contributed by atoms with Crippen LogP contribution >= 0.6 is 0 Å². The number of amides is 2. The van der Waals surface area contributed by atoms with Gasteiger partial charge < -0.3 is 10.6 Å². The molecule has 52 heavy (non-hydrogen) atoms. The zero-order chi connectivity index (χ0) is 35.0. The molecule has 274 valence electrons. The first-order valence-corrected chi connectivity index (χ1v) is 21.0. The van der Waals surface area contributed by atoms with Crippen LogP contribution in [0.15, 0.2) is 72.8 Å². The molecule has 6 nitrogen and oxygen atoms in total. The van der Waals surface area contributed by atoms with Gasteiger partial charge in [-0.2, -0.15) is 0 Å². The Kier molecular flexibility index (Phi) is 9.96. The first-order valence-electron chi connectivity index (χ1n) is 21.0. The van der Waals surface area contributed by atoms with E-state index in [0.717, 1.165) is 48.6 Å². The summed E-state index contributed by atoms with van der Waals surface area (Å²) in [5.74, 6) is 1.74. The van der Waals surface area contributed by atoms with Crippen molar-refractivity contribution in [2.24, 2.45) is 11.8 Å². The molecule has 2 aliphatic carbocycles. The predicted molar refractivity (Wildman–Crippen MR) is 207 cm³/mol. The van der Waals surface area contributed by atoms with Crippen molar-refractivity contribution in [1.29, 1.82) is 0 Å². The van der Waals surface area contributed by atoms with Crippen LogP contribution in [0.4, 0.5) is 0 Å². The summed E-state index contributed by atoms with van der Waals surface area (Å²) >= 11 is 0. The lowest BCUT2D eigenvalue weighted by Gasteiger charge is -2.31. The van der Waals surface area contributed by atoms with Gasteiger partial charge in [-0.25, -0.2) is 0 Å². The highest BCUT2D eigenvalue weighted by atomic mass is 16.2. The summed E-state index contributed by atoms with van der Waals surface area (Å²) in [6.07, 6.45) is 18.2. The molecule has 2 N–H and O–H groups in total. The Bertz CT molecular complexity index is 1660. The highest BCUT2D eigenvalue weighted by Crippen LogP contribution is 2.54. The molecular weight excluding hydrogens is 641 g/mol. The van der Waals surface area contributed by atoms with Gasteiger partial charge in [-0.3, -0.25) is 19.4 Å². The number of carbonyl (C=O) groups is 2. The number of carbonyl (C=O) groups excluding carboxylic acids is 2. The number of hydrogen-bond donors (Lipinski definition) is 2. The maximum atomic E-state index is 13.1. The standard InChI is InChI=1S/C46H58N4O2/c51-45(47-35-18-11-32(12-19-35)27-29-49-41-22-23-42(49)38-6-2-1-5-37(38)41)26-15-31-9-16-34(17-10-31)46(52)48-36-20-13-33(14-21-36)28-30-50-43-24-25-44(50)40-8-4-3-7-39(40)43/h1-10,16-17,32-33,35-36,41-44H,11-15,18-30H2,(H,47,51)(H,48,52)/t32?,33?,35?,36?,41-,42+,43-,44+. The Morgan fingerprint density at radius 3 is 1.38 bits per heavy atom. The van der Waals surface area contributed by atoms with E-state index in [1.54, 1.807) is 22.3 Å². The molecule has 0 unspecified atom stereocenters. The van der Waals surface area contributed by atoms with Crippen LogP contribution in [-0.4, -0.2) is 46.8 Å². The monoisotopic (exact) mass is 698 g/mol. The third-order valence-electron chi connectivity index (χ3n) is 14.3. The zero-order valence-electron chi connectivity index (χ0n) is 31.0. The lowest BCUT2D eigenvalue weighted by atomic mass is 9.84. The lowest BCUT2D eigenvalue weighted by Crippen LogP contribution is -2.38. The van der Waals surface area contributed by atoms with E-state index in [4.69, 9.17) is 0 Å². The van der Waals surface area contributed by atoms with Crippen LogP contribution in [0.1, 0.15) is 159 Å². The molecule has 4 aliphatic heterocycles. The SMILES string of the molecule is O=C(CCc1ccc(C(=O)NC2CCC(CCN3[C@@H]4CC[C@H]3c3ccccc34)CC2)cc1)NC1CCC(CCN2[C@@H]3CC[C@H]2c2ccccc23)CC1. The quantitative estimate of drug-likeness (QED) is 0.198. The van der Waals surface area contributed by atoms with Gasteiger partial charge in [0.1, 0.15) is 0 Å². The van der Waals surface area contributed by atoms with Crippen LogP contribution in [0, 0.1) is 11.8 Å². The van der Waals surface area contributed by atoms with Crippen molar-refractivity contribution in [3.05, 3.63) is 106 Å². The topological polar surface area (TPSA) is 64.7 Å². The molecule has 4 bridgehead atoms. The van der Waals surface area contributed by atoms with Crippen molar-refractivity contribution in [1.82, 2.24) is 20.4 Å². The van der Waals surface area contributed by atoms with E-state index in [-0.39, 0.29) is 17.9 Å².